The molecule has 0 bridgehead atoms. The summed E-state index contributed by atoms with van der Waals surface area (Å²) in [6.45, 7) is 1.49. The topological polar surface area (TPSA) is 66.5 Å². The Kier molecular flexibility index (Phi) is 6.06. The van der Waals surface area contributed by atoms with Crippen LogP contribution in [0.25, 0.3) is 0 Å². The zero-order valence-electron chi connectivity index (χ0n) is 14.7. The zero-order chi connectivity index (χ0) is 18.4. The van der Waals surface area contributed by atoms with E-state index in [1.165, 1.54) is 0 Å². The number of carbonyl (C=O) groups is 1. The average molecular weight is 372 g/mol. The van der Waals surface area contributed by atoms with Gasteiger partial charge in [-0.05, 0) is 23.5 Å². The van der Waals surface area contributed by atoms with Crippen LogP contribution >= 0.6 is 0 Å². The van der Waals surface area contributed by atoms with Gasteiger partial charge >= 0.3 is 0 Å². The van der Waals surface area contributed by atoms with Crippen LogP contribution < -0.4 is 4.72 Å². The predicted molar refractivity (Wildman–Crippen MR) is 102 cm³/mol. The molecular weight excluding hydrogens is 348 g/mol. The Balaban J connectivity index is 1.46. The number of carbonyl (C=O) groups excluding carboxylic acids is 1. The summed E-state index contributed by atoms with van der Waals surface area (Å²) in [6, 6.07) is 19.4. The maximum atomic E-state index is 12.2. The first-order valence-electron chi connectivity index (χ1n) is 8.85. The summed E-state index contributed by atoms with van der Waals surface area (Å²) < 4.78 is 27.1. The van der Waals surface area contributed by atoms with Crippen LogP contribution in [0.5, 0.6) is 0 Å². The molecule has 1 N–H and O–H groups in total. The molecular formula is C20H24N2O3S. The standard InChI is InChI=1S/C20H24N2O3S/c23-20-13-19(16-22(20)15-18-9-5-2-6-10-18)14-21-26(24,25)12-11-17-7-3-1-4-8-17/h1-10,19,21H,11-16H2. The van der Waals surface area contributed by atoms with Gasteiger partial charge in [0.25, 0.3) is 0 Å². The van der Waals surface area contributed by atoms with E-state index in [4.69, 9.17) is 0 Å². The smallest absolute Gasteiger partial charge is 0.223 e. The molecule has 6 heteroatoms. The molecule has 0 aromatic heterocycles. The number of benzene rings is 2. The lowest BCUT2D eigenvalue weighted by molar-refractivity contribution is -0.128. The number of rotatable bonds is 8. The molecule has 2 aromatic rings. The summed E-state index contributed by atoms with van der Waals surface area (Å²) >= 11 is 0. The van der Waals surface area contributed by atoms with Crippen LogP contribution in [0.4, 0.5) is 0 Å². The average Bonchev–Trinajstić information content (AvgIpc) is 3.00. The van der Waals surface area contributed by atoms with E-state index in [0.29, 0.717) is 32.5 Å². The second-order valence-corrected chi connectivity index (χ2v) is 8.66. The van der Waals surface area contributed by atoms with Crippen molar-refractivity contribution >= 4 is 15.9 Å². The highest BCUT2D eigenvalue weighted by molar-refractivity contribution is 7.89. The molecule has 0 spiro atoms. The summed E-state index contributed by atoms with van der Waals surface area (Å²) in [5.41, 5.74) is 2.09. The largest absolute Gasteiger partial charge is 0.338 e. The fourth-order valence-electron chi connectivity index (χ4n) is 3.16. The van der Waals surface area contributed by atoms with E-state index in [1.807, 2.05) is 60.7 Å². The Hall–Kier alpha value is -2.18. The first-order chi connectivity index (χ1) is 12.5. The van der Waals surface area contributed by atoms with E-state index < -0.39 is 10.0 Å². The van der Waals surface area contributed by atoms with E-state index in [2.05, 4.69) is 4.72 Å². The number of nitrogens with one attached hydrogen (secondary N) is 1. The molecule has 1 aliphatic heterocycles. The van der Waals surface area contributed by atoms with Crippen molar-refractivity contribution in [2.24, 2.45) is 5.92 Å². The minimum atomic E-state index is -3.34. The summed E-state index contributed by atoms with van der Waals surface area (Å²) in [5.74, 6) is 0.172. The highest BCUT2D eigenvalue weighted by Gasteiger charge is 2.30. The van der Waals surface area contributed by atoms with Gasteiger partial charge < -0.3 is 4.90 Å². The van der Waals surface area contributed by atoms with Crippen molar-refractivity contribution in [2.45, 2.75) is 19.4 Å². The van der Waals surface area contributed by atoms with Gasteiger partial charge in [-0.2, -0.15) is 0 Å². The highest BCUT2D eigenvalue weighted by atomic mass is 32.2. The van der Waals surface area contributed by atoms with Crippen LogP contribution in [0.2, 0.25) is 0 Å². The first-order valence-corrected chi connectivity index (χ1v) is 10.5. The van der Waals surface area contributed by atoms with Crippen LogP contribution in [-0.2, 0) is 27.8 Å². The Labute approximate surface area is 155 Å². The molecule has 1 aliphatic rings. The number of hydrogen-bond donors (Lipinski definition) is 1. The molecule has 0 saturated carbocycles. The van der Waals surface area contributed by atoms with Crippen LogP contribution in [0.3, 0.4) is 0 Å². The third kappa shape index (κ3) is 5.41. The van der Waals surface area contributed by atoms with Crippen molar-refractivity contribution in [3.63, 3.8) is 0 Å². The fourth-order valence-corrected chi connectivity index (χ4v) is 4.30. The highest BCUT2D eigenvalue weighted by Crippen LogP contribution is 2.19. The SMILES string of the molecule is O=C1CC(CNS(=O)(=O)CCc2ccccc2)CN1Cc1ccccc1. The van der Waals surface area contributed by atoms with E-state index >= 15 is 0 Å². The van der Waals surface area contributed by atoms with Crippen molar-refractivity contribution in [1.82, 2.24) is 9.62 Å². The van der Waals surface area contributed by atoms with Crippen LogP contribution in [-0.4, -0.2) is 38.1 Å². The summed E-state index contributed by atoms with van der Waals surface area (Å²) in [6.07, 6.45) is 0.883. The quantitative estimate of drug-likeness (QED) is 0.772. The Morgan fingerprint density at radius 3 is 2.23 bits per heavy atom. The number of amides is 1. The Bertz CT molecular complexity index is 823. The normalized spacial score (nSPS) is 17.6. The van der Waals surface area contributed by atoms with Gasteiger partial charge in [0.2, 0.25) is 15.9 Å². The Morgan fingerprint density at radius 2 is 1.58 bits per heavy atom. The molecule has 1 atom stereocenters. The number of sulfonamides is 1. The van der Waals surface area contributed by atoms with E-state index in [0.717, 1.165) is 11.1 Å². The third-order valence-corrected chi connectivity index (χ3v) is 5.95. The summed E-state index contributed by atoms with van der Waals surface area (Å²) in [5, 5.41) is 0. The summed E-state index contributed by atoms with van der Waals surface area (Å²) in [4.78, 5) is 14.0. The van der Waals surface area contributed by atoms with Crippen LogP contribution in [0.1, 0.15) is 17.5 Å². The second kappa shape index (κ2) is 8.47. The molecule has 1 fully saturated rings. The lowest BCUT2D eigenvalue weighted by atomic mass is 10.1. The van der Waals surface area contributed by atoms with E-state index in [1.54, 1.807) is 4.90 Å². The zero-order valence-corrected chi connectivity index (χ0v) is 15.5. The van der Waals surface area contributed by atoms with Gasteiger partial charge in [0.1, 0.15) is 0 Å². The molecule has 1 unspecified atom stereocenters. The predicted octanol–water partition coefficient (Wildman–Crippen LogP) is 2.20. The maximum absolute atomic E-state index is 12.2. The van der Waals surface area contributed by atoms with Gasteiger partial charge in [0.15, 0.2) is 0 Å². The van der Waals surface area contributed by atoms with Crippen molar-refractivity contribution in [3.05, 3.63) is 71.8 Å². The van der Waals surface area contributed by atoms with E-state index in [9.17, 15) is 13.2 Å². The molecule has 138 valence electrons. The summed E-state index contributed by atoms with van der Waals surface area (Å²) in [7, 11) is -3.34. The number of hydrogen-bond acceptors (Lipinski definition) is 3. The van der Waals surface area contributed by atoms with Crippen LogP contribution in [0.15, 0.2) is 60.7 Å². The van der Waals surface area contributed by atoms with E-state index in [-0.39, 0.29) is 17.6 Å². The molecule has 1 saturated heterocycles. The van der Waals surface area contributed by atoms with Crippen LogP contribution in [0, 0.1) is 5.92 Å². The van der Waals surface area contributed by atoms with Gasteiger partial charge in [0.05, 0.1) is 5.75 Å². The number of likely N-dealkylation sites (tertiary alicyclic amines) is 1. The Morgan fingerprint density at radius 1 is 0.962 bits per heavy atom. The molecule has 5 nitrogen and oxygen atoms in total. The third-order valence-electron chi connectivity index (χ3n) is 4.61. The lowest BCUT2D eigenvalue weighted by Crippen LogP contribution is -2.33. The lowest BCUT2D eigenvalue weighted by Gasteiger charge is -2.17. The second-order valence-electron chi connectivity index (χ2n) is 6.73. The van der Waals surface area contributed by atoms with Gasteiger partial charge in [-0.1, -0.05) is 60.7 Å². The minimum absolute atomic E-state index is 0.0257. The van der Waals surface area contributed by atoms with Gasteiger partial charge in [-0.15, -0.1) is 0 Å². The molecule has 26 heavy (non-hydrogen) atoms. The van der Waals surface area contributed by atoms with Crippen molar-refractivity contribution in [3.8, 4) is 0 Å². The monoisotopic (exact) mass is 372 g/mol. The molecule has 1 amide bonds. The van der Waals surface area contributed by atoms with Crippen molar-refractivity contribution in [2.75, 3.05) is 18.8 Å². The molecule has 0 aliphatic carbocycles. The number of nitrogens with zero attached hydrogens (tertiary/aromatic N) is 1. The van der Waals surface area contributed by atoms with Crippen molar-refractivity contribution in [1.29, 1.82) is 0 Å². The molecule has 1 heterocycles. The van der Waals surface area contributed by atoms with Gasteiger partial charge in [0, 0.05) is 26.1 Å². The van der Waals surface area contributed by atoms with Crippen molar-refractivity contribution < 1.29 is 13.2 Å². The fraction of sp³-hybridized carbons (Fsp3) is 0.350. The number of aryl methyl sites for hydroxylation is 1. The minimum Gasteiger partial charge on any atom is -0.338 e. The first kappa shape index (κ1) is 18.6. The molecule has 2 aromatic carbocycles. The molecule has 3 rings (SSSR count). The molecule has 0 radical (unpaired) electrons. The van der Waals surface area contributed by atoms with Gasteiger partial charge in [-0.25, -0.2) is 13.1 Å². The van der Waals surface area contributed by atoms with Gasteiger partial charge in [-0.3, -0.25) is 4.79 Å². The maximum Gasteiger partial charge on any atom is 0.223 e.